The first-order valence-electron chi connectivity index (χ1n) is 12.0. The molecule has 0 unspecified atom stereocenters. The minimum atomic E-state index is -0.712. The van der Waals surface area contributed by atoms with Gasteiger partial charge in [-0.25, -0.2) is 4.99 Å². The Hall–Kier alpha value is -3.43. The number of carbonyl (C=O) groups excluding carboxylic acids is 1. The quantitative estimate of drug-likeness (QED) is 0.334. The van der Waals surface area contributed by atoms with Gasteiger partial charge in [0.15, 0.2) is 9.47 Å². The van der Waals surface area contributed by atoms with Gasteiger partial charge in [-0.15, -0.1) is 0 Å². The summed E-state index contributed by atoms with van der Waals surface area (Å²) in [5.74, 6) is 1.01. The van der Waals surface area contributed by atoms with E-state index in [4.69, 9.17) is 14.1 Å². The fraction of sp³-hybridized carbons (Fsp3) is 0.250. The molecule has 9 heteroatoms. The van der Waals surface area contributed by atoms with E-state index >= 15 is 0 Å². The Morgan fingerprint density at radius 1 is 1.19 bits per heavy atom. The lowest BCUT2D eigenvalue weighted by molar-refractivity contribution is -0.127. The Morgan fingerprint density at radius 3 is 2.62 bits per heavy atom. The number of aromatic nitrogens is 1. The first-order valence-corrected chi connectivity index (χ1v) is 13.6. The molecule has 3 heterocycles. The Labute approximate surface area is 226 Å². The van der Waals surface area contributed by atoms with E-state index < -0.39 is 6.04 Å². The highest BCUT2D eigenvalue weighted by molar-refractivity contribution is 9.10. The van der Waals surface area contributed by atoms with Gasteiger partial charge in [0.2, 0.25) is 0 Å². The fourth-order valence-corrected chi connectivity index (χ4v) is 6.17. The van der Waals surface area contributed by atoms with Gasteiger partial charge in [0.1, 0.15) is 17.6 Å². The van der Waals surface area contributed by atoms with Crippen molar-refractivity contribution in [3.63, 3.8) is 0 Å². The van der Waals surface area contributed by atoms with Gasteiger partial charge in [0.05, 0.1) is 22.9 Å². The molecule has 0 fully saturated rings. The van der Waals surface area contributed by atoms with E-state index in [-0.39, 0.29) is 11.5 Å². The van der Waals surface area contributed by atoms with E-state index in [0.29, 0.717) is 49.9 Å². The monoisotopic (exact) mass is 579 g/mol. The van der Waals surface area contributed by atoms with Gasteiger partial charge >= 0.3 is 0 Å². The molecule has 0 saturated carbocycles. The summed E-state index contributed by atoms with van der Waals surface area (Å²) in [6.07, 6.45) is 1.71. The molecule has 37 heavy (non-hydrogen) atoms. The molecule has 1 aliphatic heterocycles. The number of allylic oxidation sites excluding steroid dienone is 1. The van der Waals surface area contributed by atoms with Crippen LogP contribution in [-0.2, 0) is 4.79 Å². The topological polar surface area (TPSA) is 77.0 Å². The lowest BCUT2D eigenvalue weighted by atomic mass is 9.90. The van der Waals surface area contributed by atoms with Crippen LogP contribution in [0.3, 0.4) is 0 Å². The van der Waals surface area contributed by atoms with E-state index in [1.165, 1.54) is 11.3 Å². The Kier molecular flexibility index (Phi) is 6.92. The zero-order valence-electron chi connectivity index (χ0n) is 20.9. The van der Waals surface area contributed by atoms with Crippen molar-refractivity contribution in [3.05, 3.63) is 95.5 Å². The van der Waals surface area contributed by atoms with Crippen molar-refractivity contribution in [3.8, 4) is 5.75 Å². The Morgan fingerprint density at radius 2 is 1.95 bits per heavy atom. The van der Waals surface area contributed by atoms with E-state index in [0.717, 1.165) is 16.3 Å². The molecule has 0 saturated heterocycles. The van der Waals surface area contributed by atoms with Crippen LogP contribution < -0.4 is 19.6 Å². The summed E-state index contributed by atoms with van der Waals surface area (Å²) in [5.41, 5.74) is 1.58. The van der Waals surface area contributed by atoms with Crippen molar-refractivity contribution in [2.45, 2.75) is 26.8 Å². The summed E-state index contributed by atoms with van der Waals surface area (Å²) < 4.78 is 14.1. The average molecular weight is 581 g/mol. The molecule has 0 radical (unpaired) electrons. The molecule has 1 aliphatic rings. The third-order valence-electron chi connectivity index (χ3n) is 6.59. The predicted molar refractivity (Wildman–Crippen MR) is 149 cm³/mol. The van der Waals surface area contributed by atoms with Crippen molar-refractivity contribution in [2.24, 2.45) is 4.99 Å². The minimum Gasteiger partial charge on any atom is -0.496 e. The maximum atomic E-state index is 14.0. The van der Waals surface area contributed by atoms with Crippen LogP contribution in [0.5, 0.6) is 5.75 Å². The van der Waals surface area contributed by atoms with Crippen molar-refractivity contribution < 1.29 is 13.9 Å². The molecule has 0 bridgehead atoms. The molecule has 0 aliphatic carbocycles. The number of ether oxygens (including phenoxy) is 1. The second-order valence-corrected chi connectivity index (χ2v) is 10.4. The number of likely N-dealkylation sites (N-methyl/N-ethyl adjacent to an activating group) is 1. The lowest BCUT2D eigenvalue weighted by Crippen LogP contribution is -2.43. The van der Waals surface area contributed by atoms with Crippen molar-refractivity contribution in [2.75, 3.05) is 20.2 Å². The lowest BCUT2D eigenvalue weighted by Gasteiger charge is -2.30. The molecule has 0 spiro atoms. The van der Waals surface area contributed by atoms with Crippen LogP contribution in [0.15, 0.2) is 78.7 Å². The zero-order chi connectivity index (χ0) is 26.3. The molecule has 2 aromatic carbocycles. The first-order chi connectivity index (χ1) is 17.9. The number of carbonyl (C=O) groups is 1. The van der Waals surface area contributed by atoms with Crippen LogP contribution in [0.2, 0.25) is 0 Å². The summed E-state index contributed by atoms with van der Waals surface area (Å²) in [7, 11) is 1.61. The van der Waals surface area contributed by atoms with E-state index in [1.54, 1.807) is 34.8 Å². The largest absolute Gasteiger partial charge is 0.496 e. The molecule has 5 rings (SSSR count). The molecule has 1 amide bonds. The van der Waals surface area contributed by atoms with Gasteiger partial charge < -0.3 is 14.1 Å². The van der Waals surface area contributed by atoms with E-state index in [1.807, 2.05) is 57.2 Å². The van der Waals surface area contributed by atoms with Crippen LogP contribution in [0.25, 0.3) is 16.8 Å². The van der Waals surface area contributed by atoms with E-state index in [9.17, 15) is 9.59 Å². The predicted octanol–water partition coefficient (Wildman–Crippen LogP) is 4.62. The number of methoxy groups -OCH3 is 1. The van der Waals surface area contributed by atoms with Gasteiger partial charge in [-0.1, -0.05) is 41.7 Å². The molecule has 190 valence electrons. The number of benzene rings is 2. The van der Waals surface area contributed by atoms with Gasteiger partial charge in [0.25, 0.3) is 11.5 Å². The summed E-state index contributed by atoms with van der Waals surface area (Å²) in [6, 6.07) is 14.7. The SMILES string of the molecule is CCN(CC)C(=O)C1=C(C)N=c2s/c(=C/c3ccc(Br)o3)c(=O)n2[C@@H]1c1c(OC)ccc2ccccc12. The number of rotatable bonds is 6. The number of furan rings is 1. The second-order valence-electron chi connectivity index (χ2n) is 8.60. The summed E-state index contributed by atoms with van der Waals surface area (Å²) in [5, 5.41) is 1.90. The standard InChI is InChI=1S/C28H26BrN3O4S/c1-5-31(6-2)27(34)23-16(3)30-28-32(26(33)21(37-28)15-18-12-14-22(29)36-18)25(23)24-19-10-8-7-9-17(19)11-13-20(24)35-4/h7-15,25H,5-6H2,1-4H3/b21-15+/t25-/m0/s1. The van der Waals surface area contributed by atoms with Crippen molar-refractivity contribution in [1.82, 2.24) is 9.47 Å². The summed E-state index contributed by atoms with van der Waals surface area (Å²) in [6.45, 7) is 6.82. The highest BCUT2D eigenvalue weighted by atomic mass is 79.9. The highest BCUT2D eigenvalue weighted by Gasteiger charge is 2.36. The molecule has 7 nitrogen and oxygen atoms in total. The first kappa shape index (κ1) is 25.2. The maximum Gasteiger partial charge on any atom is 0.271 e. The third kappa shape index (κ3) is 4.36. The fourth-order valence-electron chi connectivity index (χ4n) is 4.82. The normalized spacial score (nSPS) is 15.6. The van der Waals surface area contributed by atoms with Gasteiger partial charge in [0, 0.05) is 24.7 Å². The zero-order valence-corrected chi connectivity index (χ0v) is 23.4. The summed E-state index contributed by atoms with van der Waals surface area (Å²) >= 11 is 4.58. The number of amides is 1. The smallest absolute Gasteiger partial charge is 0.271 e. The summed E-state index contributed by atoms with van der Waals surface area (Å²) in [4.78, 5) is 34.9. The molecule has 4 aromatic rings. The van der Waals surface area contributed by atoms with E-state index in [2.05, 4.69) is 15.9 Å². The minimum absolute atomic E-state index is 0.143. The molecule has 2 aromatic heterocycles. The number of thiazole rings is 1. The van der Waals surface area contributed by atoms with Crippen LogP contribution in [0.1, 0.15) is 38.1 Å². The van der Waals surface area contributed by atoms with Crippen LogP contribution in [0.4, 0.5) is 0 Å². The van der Waals surface area contributed by atoms with Crippen LogP contribution in [0, 0.1) is 0 Å². The van der Waals surface area contributed by atoms with Crippen molar-refractivity contribution in [1.29, 1.82) is 0 Å². The van der Waals surface area contributed by atoms with Crippen LogP contribution >= 0.6 is 27.3 Å². The maximum absolute atomic E-state index is 14.0. The number of halogens is 1. The van der Waals surface area contributed by atoms with Gasteiger partial charge in [-0.05, 0) is 65.7 Å². The molecular formula is C28H26BrN3O4S. The van der Waals surface area contributed by atoms with Gasteiger partial charge in [-0.2, -0.15) is 0 Å². The number of hydrogen-bond acceptors (Lipinski definition) is 6. The highest BCUT2D eigenvalue weighted by Crippen LogP contribution is 2.40. The van der Waals surface area contributed by atoms with Crippen LogP contribution in [-0.4, -0.2) is 35.6 Å². The molecular weight excluding hydrogens is 554 g/mol. The number of hydrogen-bond donors (Lipinski definition) is 0. The van der Waals surface area contributed by atoms with Gasteiger partial charge in [-0.3, -0.25) is 14.2 Å². The number of nitrogens with zero attached hydrogens (tertiary/aromatic N) is 3. The van der Waals surface area contributed by atoms with Crippen molar-refractivity contribution >= 4 is 50.0 Å². The molecule has 1 atom stereocenters. The average Bonchev–Trinajstić information content (AvgIpc) is 3.45. The third-order valence-corrected chi connectivity index (χ3v) is 8.00. The Bertz CT molecular complexity index is 1730. The molecule has 0 N–H and O–H groups in total. The second kappa shape index (κ2) is 10.1. The Balaban J connectivity index is 1.86. The number of fused-ring (bicyclic) bond motifs is 2.